The minimum Gasteiger partial charge on any atom is -0.374 e. The maximum Gasteiger partial charge on any atom is 0.113 e. The summed E-state index contributed by atoms with van der Waals surface area (Å²) in [6, 6.07) is 0. The summed E-state index contributed by atoms with van der Waals surface area (Å²) >= 11 is 0. The quantitative estimate of drug-likeness (QED) is 0.0312. The molecule has 0 aromatic rings. The summed E-state index contributed by atoms with van der Waals surface area (Å²) in [7, 11) is 0. The zero-order valence-corrected chi connectivity index (χ0v) is 96.3. The van der Waals surface area contributed by atoms with Gasteiger partial charge in [-0.15, -0.1) is 0 Å². The van der Waals surface area contributed by atoms with Gasteiger partial charge < -0.3 is 75.8 Å². The summed E-state index contributed by atoms with van der Waals surface area (Å²) in [5.41, 5.74) is -4.29. The SMILES string of the molecule is CC(C)(C)COC1C(OCC(C)(C)C)C(OCC(C)(C)C)C2C3NC(NC4NC(NC5NC(NC6NC(N3)C3C(OCC(C)(C)C)C(OCC(C)(C)C)C(OCC(C)(C)C)C(OCC(C)(C)C)C63)C3C(OCC(C)(C)C)C(OCC(C)(C)C)C(OCC(C)(C)C)C(OCC(C)(C)C)C53)C3C(OCC(C)(C)C)C(OCC(C)(C)C)C(OCC(C)(C)C)C(OCC(C)(C)C)C43)C2C1OCC(C)(C)C. The molecule has 0 amide bonds. The van der Waals surface area contributed by atoms with E-state index in [-0.39, 0.29) is 86.6 Å². The van der Waals surface area contributed by atoms with E-state index in [1.807, 2.05) is 0 Å². The van der Waals surface area contributed by atoms with E-state index in [9.17, 15) is 0 Å². The van der Waals surface area contributed by atoms with Crippen LogP contribution in [0.5, 0.6) is 0 Å². The zero-order valence-electron chi connectivity index (χ0n) is 96.3. The van der Waals surface area contributed by atoms with Gasteiger partial charge in [0.05, 0.1) is 204 Å². The van der Waals surface area contributed by atoms with Gasteiger partial charge in [0, 0.05) is 47.3 Å². The fraction of sp³-hybridized carbons (Fsp3) is 1.00. The van der Waals surface area contributed by atoms with Crippen LogP contribution in [0.25, 0.3) is 0 Å². The molecule has 24 heteroatoms. The summed E-state index contributed by atoms with van der Waals surface area (Å²) in [6.07, 6.45) is -14.2. The maximum absolute atomic E-state index is 8.04. The van der Waals surface area contributed by atoms with Crippen molar-refractivity contribution in [2.45, 2.75) is 479 Å². The van der Waals surface area contributed by atoms with E-state index in [0.29, 0.717) is 106 Å². The predicted octanol–water partition coefficient (Wildman–Crippen LogP) is 19.3. The van der Waals surface area contributed by atoms with Crippen molar-refractivity contribution in [1.29, 1.82) is 0 Å². The van der Waals surface area contributed by atoms with Crippen LogP contribution in [0.3, 0.4) is 0 Å². The monoisotopic (exact) mass is 1930 g/mol. The highest BCUT2D eigenvalue weighted by molar-refractivity contribution is 5.21. The van der Waals surface area contributed by atoms with Crippen molar-refractivity contribution in [3.05, 3.63) is 0 Å². The second-order valence-corrected chi connectivity index (χ2v) is 63.2. The lowest BCUT2D eigenvalue weighted by Crippen LogP contribution is -2.68. The lowest BCUT2D eigenvalue weighted by molar-refractivity contribution is -0.258. The Kier molecular flexibility index (Phi) is 38.8. The molecule has 4 saturated carbocycles. The van der Waals surface area contributed by atoms with Crippen LogP contribution >= 0.6 is 0 Å². The maximum atomic E-state index is 8.04. The highest BCUT2D eigenvalue weighted by atomic mass is 16.6. The van der Waals surface area contributed by atoms with Gasteiger partial charge in [-0.1, -0.05) is 332 Å². The molecule has 800 valence electrons. The van der Waals surface area contributed by atoms with Gasteiger partial charge in [-0.3, -0.25) is 42.5 Å². The normalized spacial score (nSPS) is 36.4. The van der Waals surface area contributed by atoms with Gasteiger partial charge in [-0.25, -0.2) is 0 Å². The minimum atomic E-state index is -0.622. The van der Waals surface area contributed by atoms with Crippen molar-refractivity contribution < 1.29 is 75.8 Å². The van der Waals surface area contributed by atoms with Gasteiger partial charge in [-0.2, -0.15) is 0 Å². The number of nitrogens with one attached hydrogen (secondary N) is 8. The molecule has 136 heavy (non-hydrogen) atoms. The van der Waals surface area contributed by atoms with Crippen molar-refractivity contribution in [3.63, 3.8) is 0 Å². The van der Waals surface area contributed by atoms with Gasteiger partial charge in [-0.05, 0) is 86.6 Å². The van der Waals surface area contributed by atoms with Gasteiger partial charge in [0.25, 0.3) is 0 Å². The fourth-order valence-electron chi connectivity index (χ4n) is 20.7. The smallest absolute Gasteiger partial charge is 0.113 e. The molecule has 9 fully saturated rings. The lowest BCUT2D eigenvalue weighted by atomic mass is 9.69. The first kappa shape index (κ1) is 119. The molecular formula is C112H216N8O16. The molecular weight excluding hydrogens is 1710 g/mol. The highest BCUT2D eigenvalue weighted by Crippen LogP contribution is 2.55. The Labute approximate surface area is 832 Å². The van der Waals surface area contributed by atoms with E-state index in [1.165, 1.54) is 0 Å². The lowest BCUT2D eigenvalue weighted by Gasteiger charge is -2.53. The Hall–Kier alpha value is -0.960. The Morgan fingerprint density at radius 3 is 0.221 bits per heavy atom. The molecule has 24 nitrogen and oxygen atoms in total. The Balaban J connectivity index is 1.51. The highest BCUT2D eigenvalue weighted by Gasteiger charge is 2.71. The molecule has 24 atom stereocenters. The van der Waals surface area contributed by atoms with Gasteiger partial charge in [0.2, 0.25) is 0 Å². The van der Waals surface area contributed by atoms with Gasteiger partial charge in [0.1, 0.15) is 48.8 Å². The second-order valence-electron chi connectivity index (χ2n) is 63.2. The average Bonchev–Trinajstić information content (AvgIpc) is 1.55. The first-order valence-corrected chi connectivity index (χ1v) is 53.3. The van der Waals surface area contributed by atoms with Gasteiger partial charge in [0.15, 0.2) is 0 Å². The largest absolute Gasteiger partial charge is 0.374 e. The zero-order chi connectivity index (χ0) is 103. The van der Waals surface area contributed by atoms with E-state index < -0.39 is 194 Å². The van der Waals surface area contributed by atoms with E-state index in [4.69, 9.17) is 97.1 Å². The molecule has 9 aliphatic rings. The third-order valence-electron chi connectivity index (χ3n) is 26.0. The molecule has 0 radical (unpaired) electrons. The average molecular weight is 1930 g/mol. The van der Waals surface area contributed by atoms with E-state index in [2.05, 4.69) is 354 Å². The standard InChI is InChI=1S/C112H216N8O16/c1-97(2,3)49-121-73-65-66(74(122-50-98(4,5)6)82(130-58-106(28,29)30)81(73)129-57-105(25,26)27)90-113-89(65)117-91-67-68(76(124-52-100(10,11)12)84(132-60-108(34,35)36)83(131-59-107(31,32)33)75(67)123-51-99(7,8)9)93(114-91)119-95-71-72(80(128-56-104(22,23)24)88(136-64-112(46,47)48)87(135-63-111(43,44)45)79(71)127-55-103(19,20)21)96(116-95)120-94-70-69(92(115-94)118-90)77(125-53-101(13,14)15)85(133-61-109(37,38)39)86(134-62-110(40,41)42)78(70)126-54-102(16,17)18/h65-96,113-120H,49-64H2,1-48H3. The number of hydrogen-bond acceptors (Lipinski definition) is 24. The number of ether oxygens (including phenoxy) is 16. The molecule has 0 spiro atoms. The van der Waals surface area contributed by atoms with Crippen molar-refractivity contribution in [3.8, 4) is 0 Å². The topological polar surface area (TPSA) is 244 Å². The van der Waals surface area contributed by atoms with E-state index >= 15 is 0 Å². The van der Waals surface area contributed by atoms with Crippen LogP contribution in [-0.4, -0.2) is 253 Å². The number of hydrogen-bond donors (Lipinski definition) is 8. The third-order valence-corrected chi connectivity index (χ3v) is 26.0. The first-order chi connectivity index (χ1) is 61.4. The van der Waals surface area contributed by atoms with Crippen LogP contribution in [0.1, 0.15) is 332 Å². The molecule has 4 aliphatic carbocycles. The Bertz CT molecular complexity index is 2920. The van der Waals surface area contributed by atoms with Crippen LogP contribution < -0.4 is 42.5 Å². The molecule has 8 bridgehead atoms. The van der Waals surface area contributed by atoms with Crippen molar-refractivity contribution in [2.24, 2.45) is 134 Å². The second kappa shape index (κ2) is 44.4. The third kappa shape index (κ3) is 35.7. The molecule has 0 aromatic carbocycles. The first-order valence-electron chi connectivity index (χ1n) is 53.3. The predicted molar refractivity (Wildman–Crippen MR) is 550 cm³/mol. The van der Waals surface area contributed by atoms with Crippen molar-refractivity contribution >= 4 is 0 Å². The summed E-state index contributed by atoms with van der Waals surface area (Å²) in [5, 5.41) is 37.3. The van der Waals surface area contributed by atoms with Crippen LogP contribution in [0.4, 0.5) is 0 Å². The fourth-order valence-corrected chi connectivity index (χ4v) is 20.7. The molecule has 8 N–H and O–H groups in total. The molecule has 9 rings (SSSR count). The number of fused-ring (bicyclic) bond motifs is 20. The summed E-state index contributed by atoms with van der Waals surface area (Å²) in [4.78, 5) is 0. The summed E-state index contributed by atoms with van der Waals surface area (Å²) < 4.78 is 127. The van der Waals surface area contributed by atoms with E-state index in [1.54, 1.807) is 0 Å². The molecule has 24 unspecified atom stereocenters. The van der Waals surface area contributed by atoms with Crippen molar-refractivity contribution in [2.75, 3.05) is 106 Å². The van der Waals surface area contributed by atoms with Crippen LogP contribution in [0.15, 0.2) is 0 Å². The summed E-state index contributed by atoms with van der Waals surface area (Å²) in [5.74, 6) is -3.19. The van der Waals surface area contributed by atoms with Crippen molar-refractivity contribution in [1.82, 2.24) is 42.5 Å². The molecule has 5 aliphatic heterocycles. The Morgan fingerprint density at radius 2 is 0.162 bits per heavy atom. The van der Waals surface area contributed by atoms with E-state index in [0.717, 1.165) is 0 Å². The molecule has 0 aromatic heterocycles. The molecule has 5 saturated heterocycles. The van der Waals surface area contributed by atoms with Crippen LogP contribution in [0.2, 0.25) is 0 Å². The van der Waals surface area contributed by atoms with Gasteiger partial charge >= 0.3 is 0 Å². The minimum absolute atomic E-state index is 0.256. The Morgan fingerprint density at radius 1 is 0.103 bits per heavy atom. The molecule has 5 heterocycles. The van der Waals surface area contributed by atoms with Crippen LogP contribution in [0, 0.1) is 134 Å². The summed E-state index contributed by atoms with van der Waals surface area (Å²) in [6.45, 7) is 116. The van der Waals surface area contributed by atoms with Crippen LogP contribution in [-0.2, 0) is 75.8 Å². The number of rotatable bonds is 32.